The summed E-state index contributed by atoms with van der Waals surface area (Å²) in [5.41, 5.74) is 12.3. The summed E-state index contributed by atoms with van der Waals surface area (Å²) in [7, 11) is 0. The number of rotatable bonds is 6. The standard InChI is InChI=1S/C18H18N2O2/c1-3-15(10-13(2)19)21-17-8-5-9-18(12-17)22-16-7-4-6-14(20)11-16/h3-12H,1-2,19-20H2/b15-10+. The maximum atomic E-state index is 5.75. The Kier molecular flexibility index (Phi) is 4.88. The van der Waals surface area contributed by atoms with Gasteiger partial charge < -0.3 is 20.9 Å². The maximum Gasteiger partial charge on any atom is 0.131 e. The van der Waals surface area contributed by atoms with E-state index in [0.29, 0.717) is 34.4 Å². The van der Waals surface area contributed by atoms with E-state index in [4.69, 9.17) is 20.9 Å². The van der Waals surface area contributed by atoms with Gasteiger partial charge in [0.25, 0.3) is 0 Å². The first-order chi connectivity index (χ1) is 10.6. The van der Waals surface area contributed by atoms with Crippen molar-refractivity contribution in [3.05, 3.63) is 85.3 Å². The summed E-state index contributed by atoms with van der Waals surface area (Å²) >= 11 is 0. The summed E-state index contributed by atoms with van der Waals surface area (Å²) in [6.45, 7) is 7.28. The second-order valence-electron chi connectivity index (χ2n) is 4.58. The predicted molar refractivity (Wildman–Crippen MR) is 89.6 cm³/mol. The molecule has 2 rings (SSSR count). The molecule has 0 bridgehead atoms. The normalized spacial score (nSPS) is 10.8. The van der Waals surface area contributed by atoms with Gasteiger partial charge in [-0.1, -0.05) is 25.3 Å². The molecule has 4 heteroatoms. The highest BCUT2D eigenvalue weighted by atomic mass is 16.5. The Morgan fingerprint density at radius 3 is 2.27 bits per heavy atom. The van der Waals surface area contributed by atoms with E-state index in [-0.39, 0.29) is 0 Å². The van der Waals surface area contributed by atoms with Crippen LogP contribution < -0.4 is 20.9 Å². The fourth-order valence-corrected chi connectivity index (χ4v) is 1.76. The van der Waals surface area contributed by atoms with Crippen molar-refractivity contribution < 1.29 is 9.47 Å². The van der Waals surface area contributed by atoms with Gasteiger partial charge in [-0.3, -0.25) is 0 Å². The molecule has 0 saturated heterocycles. The van der Waals surface area contributed by atoms with Crippen LogP contribution in [0.1, 0.15) is 0 Å². The fraction of sp³-hybridized carbons (Fsp3) is 0. The fourth-order valence-electron chi connectivity index (χ4n) is 1.76. The number of nitrogen functional groups attached to an aromatic ring is 1. The van der Waals surface area contributed by atoms with Crippen molar-refractivity contribution in [2.75, 3.05) is 5.73 Å². The van der Waals surface area contributed by atoms with Gasteiger partial charge in [-0.05, 0) is 30.3 Å². The van der Waals surface area contributed by atoms with E-state index < -0.39 is 0 Å². The molecule has 0 saturated carbocycles. The second-order valence-corrected chi connectivity index (χ2v) is 4.58. The molecule has 0 fully saturated rings. The van der Waals surface area contributed by atoms with E-state index in [9.17, 15) is 0 Å². The van der Waals surface area contributed by atoms with Crippen LogP contribution in [0.2, 0.25) is 0 Å². The second kappa shape index (κ2) is 7.04. The summed E-state index contributed by atoms with van der Waals surface area (Å²) < 4.78 is 11.4. The van der Waals surface area contributed by atoms with Gasteiger partial charge in [0.15, 0.2) is 0 Å². The van der Waals surface area contributed by atoms with Crippen LogP contribution in [0.5, 0.6) is 17.2 Å². The van der Waals surface area contributed by atoms with E-state index in [0.717, 1.165) is 0 Å². The number of nitrogens with two attached hydrogens (primary N) is 2. The van der Waals surface area contributed by atoms with Crippen LogP contribution in [0.15, 0.2) is 85.3 Å². The number of ether oxygens (including phenoxy) is 2. The highest BCUT2D eigenvalue weighted by molar-refractivity contribution is 5.46. The summed E-state index contributed by atoms with van der Waals surface area (Å²) in [6, 6.07) is 14.4. The zero-order valence-electron chi connectivity index (χ0n) is 12.2. The number of anilines is 1. The van der Waals surface area contributed by atoms with Gasteiger partial charge in [0.05, 0.1) is 0 Å². The van der Waals surface area contributed by atoms with Gasteiger partial charge >= 0.3 is 0 Å². The lowest BCUT2D eigenvalue weighted by Crippen LogP contribution is -1.97. The minimum Gasteiger partial charge on any atom is -0.457 e. The first kappa shape index (κ1) is 15.3. The van der Waals surface area contributed by atoms with Crippen molar-refractivity contribution in [2.24, 2.45) is 5.73 Å². The van der Waals surface area contributed by atoms with Crippen LogP contribution in [-0.4, -0.2) is 0 Å². The van der Waals surface area contributed by atoms with Gasteiger partial charge in [-0.25, -0.2) is 0 Å². The molecule has 112 valence electrons. The third kappa shape index (κ3) is 4.45. The Hall–Kier alpha value is -3.14. The minimum absolute atomic E-state index is 0.391. The molecule has 2 aromatic rings. The van der Waals surface area contributed by atoms with Crippen LogP contribution in [0.25, 0.3) is 0 Å². The molecule has 22 heavy (non-hydrogen) atoms. The van der Waals surface area contributed by atoms with Crippen molar-refractivity contribution in [3.63, 3.8) is 0 Å². The summed E-state index contributed by atoms with van der Waals surface area (Å²) in [5.74, 6) is 2.41. The number of hydrogen-bond acceptors (Lipinski definition) is 4. The first-order valence-corrected chi connectivity index (χ1v) is 6.66. The Labute approximate surface area is 130 Å². The van der Waals surface area contributed by atoms with Gasteiger partial charge in [-0.15, -0.1) is 0 Å². The average molecular weight is 294 g/mol. The molecular formula is C18H18N2O2. The number of hydrogen-bond donors (Lipinski definition) is 2. The third-order valence-corrected chi connectivity index (χ3v) is 2.66. The van der Waals surface area contributed by atoms with Crippen LogP contribution in [0.3, 0.4) is 0 Å². The Morgan fingerprint density at radius 1 is 1.00 bits per heavy atom. The Bertz CT molecular complexity index is 721. The highest BCUT2D eigenvalue weighted by Gasteiger charge is 2.02. The van der Waals surface area contributed by atoms with E-state index in [1.807, 2.05) is 30.3 Å². The van der Waals surface area contributed by atoms with Crippen LogP contribution in [0.4, 0.5) is 5.69 Å². The topological polar surface area (TPSA) is 70.5 Å². The number of allylic oxidation sites excluding steroid dienone is 2. The van der Waals surface area contributed by atoms with Crippen molar-refractivity contribution in [1.29, 1.82) is 0 Å². The quantitative estimate of drug-likeness (QED) is 0.480. The van der Waals surface area contributed by atoms with Gasteiger partial charge in [0.1, 0.15) is 23.0 Å². The third-order valence-electron chi connectivity index (χ3n) is 2.66. The van der Waals surface area contributed by atoms with Gasteiger partial charge in [0, 0.05) is 29.6 Å². The molecular weight excluding hydrogens is 276 g/mol. The van der Waals surface area contributed by atoms with E-state index in [1.165, 1.54) is 0 Å². The molecule has 0 unspecified atom stereocenters. The molecule has 0 aliphatic carbocycles. The van der Waals surface area contributed by atoms with Gasteiger partial charge in [0.2, 0.25) is 0 Å². The summed E-state index contributed by atoms with van der Waals surface area (Å²) in [4.78, 5) is 0. The van der Waals surface area contributed by atoms with Gasteiger partial charge in [-0.2, -0.15) is 0 Å². The Morgan fingerprint density at radius 2 is 1.64 bits per heavy atom. The highest BCUT2D eigenvalue weighted by Crippen LogP contribution is 2.27. The molecule has 0 aliphatic heterocycles. The number of benzene rings is 2. The predicted octanol–water partition coefficient (Wildman–Crippen LogP) is 3.98. The van der Waals surface area contributed by atoms with E-state index >= 15 is 0 Å². The first-order valence-electron chi connectivity index (χ1n) is 6.66. The van der Waals surface area contributed by atoms with Crippen molar-refractivity contribution in [1.82, 2.24) is 0 Å². The molecule has 4 N–H and O–H groups in total. The van der Waals surface area contributed by atoms with Crippen molar-refractivity contribution >= 4 is 5.69 Å². The molecule has 0 radical (unpaired) electrons. The molecule has 0 spiro atoms. The average Bonchev–Trinajstić information content (AvgIpc) is 2.46. The van der Waals surface area contributed by atoms with Crippen molar-refractivity contribution in [3.8, 4) is 17.2 Å². The zero-order valence-corrected chi connectivity index (χ0v) is 12.2. The minimum atomic E-state index is 0.391. The monoisotopic (exact) mass is 294 g/mol. The van der Waals surface area contributed by atoms with Crippen LogP contribution in [0, 0.1) is 0 Å². The lowest BCUT2D eigenvalue weighted by molar-refractivity contribution is 0.435. The largest absolute Gasteiger partial charge is 0.457 e. The van der Waals surface area contributed by atoms with Crippen LogP contribution in [-0.2, 0) is 0 Å². The summed E-state index contributed by atoms with van der Waals surface area (Å²) in [6.07, 6.45) is 3.15. The van der Waals surface area contributed by atoms with Crippen LogP contribution >= 0.6 is 0 Å². The molecule has 0 aliphatic rings. The smallest absolute Gasteiger partial charge is 0.131 e. The van der Waals surface area contributed by atoms with E-state index in [2.05, 4.69) is 13.2 Å². The lowest BCUT2D eigenvalue weighted by atomic mass is 10.3. The van der Waals surface area contributed by atoms with E-state index in [1.54, 1.807) is 30.4 Å². The lowest BCUT2D eigenvalue weighted by Gasteiger charge is -2.10. The summed E-state index contributed by atoms with van der Waals surface area (Å²) in [5, 5.41) is 0. The molecule has 0 aromatic heterocycles. The Balaban J connectivity index is 2.16. The molecule has 4 nitrogen and oxygen atoms in total. The zero-order chi connectivity index (χ0) is 15.9. The molecule has 2 aromatic carbocycles. The van der Waals surface area contributed by atoms with Crippen molar-refractivity contribution in [2.45, 2.75) is 0 Å². The SMILES string of the molecule is C=C/C(=C\C(=C)N)Oc1cccc(Oc2cccc(N)c2)c1. The molecule has 0 atom stereocenters. The maximum absolute atomic E-state index is 5.75. The molecule has 0 heterocycles. The molecule has 0 amide bonds.